The molecular formula is CNNi2-. The Bertz CT molecular complexity index is 10.8. The molecule has 0 unspecified atom stereocenters. The van der Waals surface area contributed by atoms with Crippen molar-refractivity contribution in [2.45, 2.75) is 0 Å². The average molecular weight is 143 g/mol. The van der Waals surface area contributed by atoms with Crippen LogP contribution in [0.25, 0.3) is 0 Å². The standard InChI is InChI=1S/CN.2Ni/c1-2;;/q-1;;. The van der Waals surface area contributed by atoms with E-state index < -0.39 is 0 Å². The Morgan fingerprint density at radius 1 is 1.00 bits per heavy atom. The third-order valence-electron chi connectivity index (χ3n) is 0. The van der Waals surface area contributed by atoms with E-state index in [2.05, 4.69) is 0 Å². The molecule has 0 aromatic rings. The maximum absolute atomic E-state index is 6.25. The molecule has 0 aromatic carbocycles. The summed E-state index contributed by atoms with van der Waals surface area (Å²) < 4.78 is 0. The van der Waals surface area contributed by atoms with Gasteiger partial charge in [-0.25, -0.2) is 0 Å². The molecule has 0 radical (unpaired) electrons. The van der Waals surface area contributed by atoms with Gasteiger partial charge < -0.3 is 11.8 Å². The minimum Gasteiger partial charge on any atom is -0.512 e. The third-order valence-corrected chi connectivity index (χ3v) is 0. The Morgan fingerprint density at radius 3 is 1.00 bits per heavy atom. The van der Waals surface area contributed by atoms with E-state index >= 15 is 0 Å². The van der Waals surface area contributed by atoms with Gasteiger partial charge in [0.2, 0.25) is 0 Å². The second kappa shape index (κ2) is 93.8. The summed E-state index contributed by atoms with van der Waals surface area (Å²) in [6.45, 7) is 4.75. The van der Waals surface area contributed by atoms with Crippen LogP contribution in [-0.4, -0.2) is 0 Å². The molecule has 30 valence electrons. The normalized spacial score (nSPS) is 0.500. The minimum absolute atomic E-state index is 0. The Labute approximate surface area is 45.2 Å². The van der Waals surface area contributed by atoms with E-state index in [9.17, 15) is 0 Å². The molecule has 0 fully saturated rings. The summed E-state index contributed by atoms with van der Waals surface area (Å²) in [5, 5.41) is 6.25. The fraction of sp³-hybridized carbons (Fsp3) is 0. The first-order valence-corrected chi connectivity index (χ1v) is 0.224. The smallest absolute Gasteiger partial charge is 0 e. The fourth-order valence-electron chi connectivity index (χ4n) is 0. The van der Waals surface area contributed by atoms with Crippen LogP contribution in [0.4, 0.5) is 0 Å². The summed E-state index contributed by atoms with van der Waals surface area (Å²) in [6.07, 6.45) is 0. The first-order valence-electron chi connectivity index (χ1n) is 0.224. The molecule has 0 saturated heterocycles. The van der Waals surface area contributed by atoms with Crippen LogP contribution in [0.3, 0.4) is 0 Å². The molecule has 0 bridgehead atoms. The zero-order valence-electron chi connectivity index (χ0n) is 1.58. The number of rotatable bonds is 0. The van der Waals surface area contributed by atoms with Gasteiger partial charge in [0.1, 0.15) is 0 Å². The van der Waals surface area contributed by atoms with E-state index in [1.165, 1.54) is 0 Å². The molecule has 1 nitrogen and oxygen atoms in total. The van der Waals surface area contributed by atoms with Crippen LogP contribution in [0.15, 0.2) is 0 Å². The van der Waals surface area contributed by atoms with E-state index in [1.807, 2.05) is 0 Å². The SMILES string of the molecule is [C-]#N.[Ni].[Ni]. The molecule has 0 aliphatic carbocycles. The van der Waals surface area contributed by atoms with Crippen molar-refractivity contribution in [3.8, 4) is 0 Å². The zero-order valence-corrected chi connectivity index (χ0v) is 3.55. The molecule has 0 aliphatic rings. The third kappa shape index (κ3) is 23.7. The second-order valence-electron chi connectivity index (χ2n) is 0. The Balaban J connectivity index is -0.00000000500. The molecular weight excluding hydrogens is 143 g/mol. The first-order chi connectivity index (χ1) is 1.00. The summed E-state index contributed by atoms with van der Waals surface area (Å²) in [5.74, 6) is 0. The van der Waals surface area contributed by atoms with Gasteiger partial charge in [0.05, 0.1) is 0 Å². The predicted octanol–water partition coefficient (Wildman–Crippen LogP) is 0.0914. The van der Waals surface area contributed by atoms with E-state index in [0.29, 0.717) is 0 Å². The van der Waals surface area contributed by atoms with E-state index in [4.69, 9.17) is 11.8 Å². The topological polar surface area (TPSA) is 23.8 Å². The molecule has 0 N–H and O–H groups in total. The molecule has 0 aromatic heterocycles. The number of hydrogen-bond acceptors (Lipinski definition) is 1. The van der Waals surface area contributed by atoms with Crippen LogP contribution in [0.5, 0.6) is 0 Å². The van der Waals surface area contributed by atoms with Crippen molar-refractivity contribution in [1.29, 1.82) is 5.26 Å². The van der Waals surface area contributed by atoms with Crippen LogP contribution >= 0.6 is 0 Å². The largest absolute Gasteiger partial charge is 0.512 e. The van der Waals surface area contributed by atoms with E-state index in [1.54, 1.807) is 0 Å². The van der Waals surface area contributed by atoms with E-state index in [-0.39, 0.29) is 33.0 Å². The molecule has 0 aliphatic heterocycles. The molecule has 0 atom stereocenters. The zero-order chi connectivity index (χ0) is 2.00. The van der Waals surface area contributed by atoms with Crippen molar-refractivity contribution in [1.82, 2.24) is 0 Å². The van der Waals surface area contributed by atoms with Gasteiger partial charge in [-0.1, -0.05) is 0 Å². The minimum atomic E-state index is 0. The monoisotopic (exact) mass is 142 g/mol. The van der Waals surface area contributed by atoms with E-state index in [0.717, 1.165) is 0 Å². The van der Waals surface area contributed by atoms with Crippen LogP contribution in [0.1, 0.15) is 0 Å². The van der Waals surface area contributed by atoms with Gasteiger partial charge in [-0.3, -0.25) is 0 Å². The van der Waals surface area contributed by atoms with Crippen LogP contribution < -0.4 is 0 Å². The molecule has 0 rings (SSSR count). The van der Waals surface area contributed by atoms with Gasteiger partial charge in [-0.2, -0.15) is 0 Å². The van der Waals surface area contributed by atoms with Gasteiger partial charge in [0.15, 0.2) is 0 Å². The average Bonchev–Trinajstić information content (AvgIpc) is 1.00. The molecule has 0 amide bonds. The van der Waals surface area contributed by atoms with Gasteiger partial charge >= 0.3 is 0 Å². The Kier molecular flexibility index (Phi) is 582. The summed E-state index contributed by atoms with van der Waals surface area (Å²) in [7, 11) is 0. The molecule has 0 saturated carbocycles. The molecule has 0 heterocycles. The van der Waals surface area contributed by atoms with Crippen LogP contribution in [-0.2, 0) is 33.0 Å². The first kappa shape index (κ1) is 24.8. The van der Waals surface area contributed by atoms with Gasteiger partial charge in [0, 0.05) is 33.0 Å². The molecule has 0 spiro atoms. The van der Waals surface area contributed by atoms with Crippen molar-refractivity contribution < 1.29 is 33.0 Å². The second-order valence-corrected chi connectivity index (χ2v) is 0. The summed E-state index contributed by atoms with van der Waals surface area (Å²) in [6, 6.07) is 0. The fourth-order valence-corrected chi connectivity index (χ4v) is 0. The Morgan fingerprint density at radius 2 is 1.00 bits per heavy atom. The predicted molar refractivity (Wildman–Crippen MR) is 4.97 cm³/mol. The summed E-state index contributed by atoms with van der Waals surface area (Å²) in [5.41, 5.74) is 0. The number of hydrogen-bond donors (Lipinski definition) is 0. The maximum atomic E-state index is 6.25. The summed E-state index contributed by atoms with van der Waals surface area (Å²) >= 11 is 0. The van der Waals surface area contributed by atoms with Crippen molar-refractivity contribution in [2.75, 3.05) is 0 Å². The van der Waals surface area contributed by atoms with Gasteiger partial charge in [-0.05, 0) is 0 Å². The number of nitrogens with zero attached hydrogens (tertiary/aromatic N) is 1. The van der Waals surface area contributed by atoms with Crippen molar-refractivity contribution in [2.24, 2.45) is 0 Å². The molecule has 3 heteroatoms. The van der Waals surface area contributed by atoms with Crippen LogP contribution in [0.2, 0.25) is 0 Å². The van der Waals surface area contributed by atoms with Gasteiger partial charge in [-0.15, -0.1) is 0 Å². The maximum Gasteiger partial charge on any atom is 0 e. The van der Waals surface area contributed by atoms with Crippen molar-refractivity contribution >= 4 is 0 Å². The summed E-state index contributed by atoms with van der Waals surface area (Å²) in [4.78, 5) is 0. The van der Waals surface area contributed by atoms with Gasteiger partial charge in [0.25, 0.3) is 0 Å². The van der Waals surface area contributed by atoms with Crippen molar-refractivity contribution in [3.05, 3.63) is 6.57 Å². The Hall–Kier alpha value is 0.477. The molecule has 4 heavy (non-hydrogen) atoms. The van der Waals surface area contributed by atoms with Crippen LogP contribution in [0, 0.1) is 11.8 Å². The van der Waals surface area contributed by atoms with Crippen molar-refractivity contribution in [3.63, 3.8) is 0 Å². The quantitative estimate of drug-likeness (QED) is 0.348.